The molecule has 10 heteroatoms. The maximum absolute atomic E-state index is 13.2. The van der Waals surface area contributed by atoms with E-state index >= 15 is 0 Å². The van der Waals surface area contributed by atoms with Gasteiger partial charge in [0.1, 0.15) is 0 Å². The molecule has 1 aromatic heterocycles. The molecule has 1 amide bonds. The van der Waals surface area contributed by atoms with E-state index in [9.17, 15) is 18.0 Å². The third-order valence-electron chi connectivity index (χ3n) is 5.35. The van der Waals surface area contributed by atoms with E-state index in [-0.39, 0.29) is 5.56 Å². The molecule has 1 unspecified atom stereocenters. The zero-order valence-corrected chi connectivity index (χ0v) is 17.0. The molecule has 0 saturated carbocycles. The Morgan fingerprint density at radius 1 is 1.27 bits per heavy atom. The maximum Gasteiger partial charge on any atom is 0.417 e. The van der Waals surface area contributed by atoms with Gasteiger partial charge in [0, 0.05) is 19.2 Å². The molecule has 6 nitrogen and oxygen atoms in total. The van der Waals surface area contributed by atoms with E-state index in [0.717, 1.165) is 28.8 Å². The highest BCUT2D eigenvalue weighted by Crippen LogP contribution is 2.38. The number of amides is 1. The Balaban J connectivity index is 1.63. The first-order valence-corrected chi connectivity index (χ1v) is 9.71. The van der Waals surface area contributed by atoms with E-state index in [1.807, 2.05) is 31.0 Å². The van der Waals surface area contributed by atoms with Crippen molar-refractivity contribution in [3.05, 3.63) is 69.6 Å². The number of carbonyl (C=O) groups excluding carboxylic acids is 1. The van der Waals surface area contributed by atoms with Crippen molar-refractivity contribution in [2.45, 2.75) is 32.5 Å². The fourth-order valence-electron chi connectivity index (χ4n) is 3.78. The first-order valence-electron chi connectivity index (χ1n) is 9.33. The molecule has 30 heavy (non-hydrogen) atoms. The van der Waals surface area contributed by atoms with Gasteiger partial charge in [-0.2, -0.15) is 13.2 Å². The van der Waals surface area contributed by atoms with Crippen molar-refractivity contribution < 1.29 is 18.0 Å². The van der Waals surface area contributed by atoms with Crippen molar-refractivity contribution in [1.29, 1.82) is 0 Å². The van der Waals surface area contributed by atoms with Crippen LogP contribution in [0.2, 0.25) is 5.02 Å². The fraction of sp³-hybridized carbons (Fsp3) is 0.300. The number of alkyl halides is 3. The summed E-state index contributed by atoms with van der Waals surface area (Å²) in [4.78, 5) is 19.0. The Morgan fingerprint density at radius 2 is 2.03 bits per heavy atom. The van der Waals surface area contributed by atoms with Crippen molar-refractivity contribution >= 4 is 23.3 Å². The second-order valence-corrected chi connectivity index (χ2v) is 7.54. The third-order valence-corrected chi connectivity index (χ3v) is 5.75. The lowest BCUT2D eigenvalue weighted by molar-refractivity contribution is -0.137. The number of hydrogen-bond acceptors (Lipinski definition) is 5. The molecule has 2 aliphatic heterocycles. The van der Waals surface area contributed by atoms with Crippen LogP contribution in [0.25, 0.3) is 0 Å². The molecule has 3 heterocycles. The van der Waals surface area contributed by atoms with Crippen LogP contribution in [-0.4, -0.2) is 28.4 Å². The monoisotopic (exact) mass is 437 g/mol. The third kappa shape index (κ3) is 3.37. The lowest BCUT2D eigenvalue weighted by atomic mass is 10.0. The Bertz CT molecular complexity index is 1040. The van der Waals surface area contributed by atoms with Gasteiger partial charge in [0.05, 0.1) is 33.6 Å². The minimum Gasteiger partial charge on any atom is -0.330 e. The van der Waals surface area contributed by atoms with Gasteiger partial charge in [-0.1, -0.05) is 23.7 Å². The van der Waals surface area contributed by atoms with E-state index in [4.69, 9.17) is 11.6 Å². The van der Waals surface area contributed by atoms with Gasteiger partial charge >= 0.3 is 6.18 Å². The van der Waals surface area contributed by atoms with Gasteiger partial charge in [-0.25, -0.2) is 9.99 Å². The molecule has 2 aromatic rings. The summed E-state index contributed by atoms with van der Waals surface area (Å²) in [5.41, 5.74) is 7.64. The topological polar surface area (TPSA) is 60.5 Å². The number of rotatable bonds is 2. The summed E-state index contributed by atoms with van der Waals surface area (Å²) in [6, 6.07) is 6.78. The number of hydrazine groups is 2. The highest BCUT2D eigenvalue weighted by molar-refractivity contribution is 6.34. The molecule has 2 aliphatic rings. The average molecular weight is 438 g/mol. The van der Waals surface area contributed by atoms with Gasteiger partial charge in [0.15, 0.2) is 5.82 Å². The second kappa shape index (κ2) is 7.48. The molecular formula is C20H19ClF3N5O. The predicted octanol–water partition coefficient (Wildman–Crippen LogP) is 4.04. The average Bonchev–Trinajstić information content (AvgIpc) is 3.12. The first-order chi connectivity index (χ1) is 14.2. The van der Waals surface area contributed by atoms with Crippen molar-refractivity contribution in [1.82, 2.24) is 20.8 Å². The maximum atomic E-state index is 13.2. The van der Waals surface area contributed by atoms with Gasteiger partial charge in [0.25, 0.3) is 5.91 Å². The number of pyridine rings is 1. The smallest absolute Gasteiger partial charge is 0.330 e. The van der Waals surface area contributed by atoms with Gasteiger partial charge in [-0.15, -0.1) is 5.53 Å². The largest absolute Gasteiger partial charge is 0.417 e. The number of anilines is 1. The molecule has 1 aromatic carbocycles. The van der Waals surface area contributed by atoms with Crippen LogP contribution in [0.4, 0.5) is 19.0 Å². The molecule has 0 aliphatic carbocycles. The number of halogens is 4. The highest BCUT2D eigenvalue weighted by Gasteiger charge is 2.39. The minimum absolute atomic E-state index is 0.161. The molecule has 2 N–H and O–H groups in total. The Morgan fingerprint density at radius 3 is 2.73 bits per heavy atom. The van der Waals surface area contributed by atoms with Crippen LogP contribution < -0.4 is 16.0 Å². The van der Waals surface area contributed by atoms with Gasteiger partial charge in [-0.05, 0) is 37.6 Å². The van der Waals surface area contributed by atoms with E-state index < -0.39 is 28.7 Å². The standard InChI is InChI=1S/C20H19ClF3N5O/c1-11-5-4-9-25-18(11)29-15-8-10-28(12(2)17(15)26-27-29)19(30)13-6-3-7-14(16(13)21)20(22,23)24/h3-7,9,12,26-27H,8,10H2,1-2H3. The van der Waals surface area contributed by atoms with Crippen LogP contribution in [0.3, 0.4) is 0 Å². The number of nitrogens with one attached hydrogen (secondary N) is 2. The molecule has 0 saturated heterocycles. The van der Waals surface area contributed by atoms with E-state index in [0.29, 0.717) is 13.0 Å². The number of aromatic nitrogens is 1. The first kappa shape index (κ1) is 20.5. The summed E-state index contributed by atoms with van der Waals surface area (Å²) < 4.78 is 39.5. The summed E-state index contributed by atoms with van der Waals surface area (Å²) in [5.74, 6) is 0.197. The SMILES string of the molecule is Cc1cccnc1N1NNC2=C1CCN(C(=O)c1cccc(C(F)(F)F)c1Cl)C2C. The molecule has 0 radical (unpaired) electrons. The number of nitrogens with zero attached hydrogens (tertiary/aromatic N) is 3. The fourth-order valence-corrected chi connectivity index (χ4v) is 4.10. The van der Waals surface area contributed by atoms with Crippen molar-refractivity contribution in [3.8, 4) is 0 Å². The number of carbonyl (C=O) groups is 1. The second-order valence-electron chi connectivity index (χ2n) is 7.17. The molecule has 158 valence electrons. The number of benzene rings is 1. The molecule has 4 rings (SSSR count). The van der Waals surface area contributed by atoms with Gasteiger partial charge < -0.3 is 10.3 Å². The zero-order chi connectivity index (χ0) is 21.6. The van der Waals surface area contributed by atoms with Crippen LogP contribution in [0, 0.1) is 6.92 Å². The lowest BCUT2D eigenvalue weighted by Crippen LogP contribution is -2.46. The number of hydrogen-bond donors (Lipinski definition) is 2. The predicted molar refractivity (Wildman–Crippen MR) is 106 cm³/mol. The summed E-state index contributed by atoms with van der Waals surface area (Å²) in [6.07, 6.45) is -2.44. The normalized spacial score (nSPS) is 19.1. The van der Waals surface area contributed by atoms with Gasteiger partial charge in [0.2, 0.25) is 0 Å². The van der Waals surface area contributed by atoms with Crippen LogP contribution >= 0.6 is 11.6 Å². The summed E-state index contributed by atoms with van der Waals surface area (Å²) in [7, 11) is 0. The van der Waals surface area contributed by atoms with Crippen LogP contribution in [-0.2, 0) is 6.18 Å². The molecule has 0 spiro atoms. The quantitative estimate of drug-likeness (QED) is 0.742. The molecule has 0 fully saturated rings. The summed E-state index contributed by atoms with van der Waals surface area (Å²) in [6.45, 7) is 4.09. The van der Waals surface area contributed by atoms with E-state index in [1.165, 1.54) is 17.0 Å². The Hall–Kier alpha value is -2.78. The Kier molecular flexibility index (Phi) is 5.11. The zero-order valence-electron chi connectivity index (χ0n) is 16.2. The Labute approximate surface area is 176 Å². The van der Waals surface area contributed by atoms with Crippen molar-refractivity contribution in [2.24, 2.45) is 0 Å². The van der Waals surface area contributed by atoms with E-state index in [2.05, 4.69) is 15.9 Å². The number of aryl methyl sites for hydroxylation is 1. The van der Waals surface area contributed by atoms with Gasteiger partial charge in [-0.3, -0.25) is 4.79 Å². The lowest BCUT2D eigenvalue weighted by Gasteiger charge is -2.35. The van der Waals surface area contributed by atoms with Crippen LogP contribution in [0.1, 0.15) is 34.8 Å². The van der Waals surface area contributed by atoms with Crippen molar-refractivity contribution in [2.75, 3.05) is 11.6 Å². The van der Waals surface area contributed by atoms with Crippen molar-refractivity contribution in [3.63, 3.8) is 0 Å². The molecule has 1 atom stereocenters. The summed E-state index contributed by atoms with van der Waals surface area (Å²) >= 11 is 5.96. The van der Waals surface area contributed by atoms with E-state index in [1.54, 1.807) is 6.20 Å². The molecular weight excluding hydrogens is 419 g/mol. The highest BCUT2D eigenvalue weighted by atomic mass is 35.5. The van der Waals surface area contributed by atoms with Crippen LogP contribution in [0.15, 0.2) is 47.9 Å². The minimum atomic E-state index is -4.63. The summed E-state index contributed by atoms with van der Waals surface area (Å²) in [5, 5.41) is 1.26. The van der Waals surface area contributed by atoms with Crippen LogP contribution in [0.5, 0.6) is 0 Å². The molecule has 0 bridgehead atoms.